The molecule has 5 fully saturated rings. The van der Waals surface area contributed by atoms with E-state index in [1.807, 2.05) is 37.8 Å². The molecule has 5 heterocycles. The lowest BCUT2D eigenvalue weighted by molar-refractivity contribution is -0.152. The number of nitrogens with one attached hydrogen (secondary N) is 4. The van der Waals surface area contributed by atoms with Gasteiger partial charge in [-0.15, -0.1) is 0 Å². The normalized spacial score (nSPS) is 21.5. The quantitative estimate of drug-likeness (QED) is 0.0821. The van der Waals surface area contributed by atoms with E-state index >= 15 is 0 Å². The van der Waals surface area contributed by atoms with Gasteiger partial charge in [0.1, 0.15) is 6.04 Å². The van der Waals surface area contributed by atoms with Crippen molar-refractivity contribution in [2.75, 3.05) is 64.0 Å². The second-order valence-electron chi connectivity index (χ2n) is 21.0. The number of hydrogen-bond acceptors (Lipinski definition) is 12. The topological polar surface area (TPSA) is 220 Å². The summed E-state index contributed by atoms with van der Waals surface area (Å²) < 4.78 is 11.6. The van der Waals surface area contributed by atoms with E-state index in [1.54, 1.807) is 0 Å². The van der Waals surface area contributed by atoms with E-state index in [1.165, 1.54) is 5.56 Å². The van der Waals surface area contributed by atoms with Crippen molar-refractivity contribution in [1.29, 1.82) is 0 Å². The van der Waals surface area contributed by atoms with Crippen LogP contribution in [0.5, 0.6) is 0 Å². The number of likely N-dealkylation sites (tertiary alicyclic amines) is 2. The van der Waals surface area contributed by atoms with Gasteiger partial charge in [0, 0.05) is 100 Å². The second kappa shape index (κ2) is 25.5. The summed E-state index contributed by atoms with van der Waals surface area (Å²) in [6.45, 7) is 14.5. The number of aryl methyl sites for hydroxylation is 2. The average molecular weight is 1030 g/mol. The first kappa shape index (κ1) is 55.0. The number of benzene rings is 2. The number of amides is 7. The van der Waals surface area contributed by atoms with Crippen LogP contribution in [0.1, 0.15) is 129 Å². The highest BCUT2D eigenvalue weighted by Gasteiger charge is 2.56. The highest BCUT2D eigenvalue weighted by molar-refractivity contribution is 6.11. The average Bonchev–Trinajstić information content (AvgIpc) is 3.66. The Hall–Kier alpha value is -6.24. The van der Waals surface area contributed by atoms with Crippen LogP contribution in [-0.4, -0.2) is 138 Å². The maximum Gasteiger partial charge on any atom is 0.253 e. The number of anilines is 1. The van der Waals surface area contributed by atoms with Crippen LogP contribution in [0.15, 0.2) is 47.3 Å². The lowest BCUT2D eigenvalue weighted by atomic mass is 9.79. The molecule has 75 heavy (non-hydrogen) atoms. The Morgan fingerprint density at radius 1 is 0.813 bits per heavy atom. The van der Waals surface area contributed by atoms with E-state index in [9.17, 15) is 38.4 Å². The van der Waals surface area contributed by atoms with Crippen molar-refractivity contribution in [3.05, 3.63) is 86.3 Å². The summed E-state index contributed by atoms with van der Waals surface area (Å²) in [6.07, 6.45) is 7.01. The highest BCUT2D eigenvalue weighted by atomic mass is 16.5. The van der Waals surface area contributed by atoms with Crippen molar-refractivity contribution in [2.24, 2.45) is 11.8 Å². The van der Waals surface area contributed by atoms with Crippen LogP contribution in [0.3, 0.4) is 0 Å². The Labute approximate surface area is 440 Å². The minimum atomic E-state index is -0.978. The van der Waals surface area contributed by atoms with Gasteiger partial charge in [0.2, 0.25) is 35.4 Å². The molecular formula is C57H76N8O10. The van der Waals surface area contributed by atoms with E-state index in [0.717, 1.165) is 103 Å². The van der Waals surface area contributed by atoms with Crippen LogP contribution in [0.25, 0.3) is 11.1 Å². The van der Waals surface area contributed by atoms with Gasteiger partial charge in [-0.3, -0.25) is 53.5 Å². The molecule has 1 aromatic heterocycles. The van der Waals surface area contributed by atoms with Gasteiger partial charge in [-0.1, -0.05) is 43.5 Å². The number of nitrogens with zero attached hydrogens (tertiary/aromatic N) is 4. The smallest absolute Gasteiger partial charge is 0.253 e. The van der Waals surface area contributed by atoms with Crippen LogP contribution in [0.2, 0.25) is 0 Å². The molecule has 1 saturated carbocycles. The molecule has 4 aliphatic heterocycles. The molecule has 0 bridgehead atoms. The number of fused-ring (bicyclic) bond motifs is 1. The molecule has 4 saturated heterocycles. The number of pyridine rings is 1. The van der Waals surface area contributed by atoms with Crippen molar-refractivity contribution >= 4 is 47.0 Å². The summed E-state index contributed by atoms with van der Waals surface area (Å²) in [5.41, 5.74) is 7.46. The number of morpholine rings is 1. The summed E-state index contributed by atoms with van der Waals surface area (Å²) in [6, 6.07) is 13.8. The number of aromatic nitrogens is 1. The van der Waals surface area contributed by atoms with Gasteiger partial charge in [0.25, 0.3) is 11.5 Å². The summed E-state index contributed by atoms with van der Waals surface area (Å²) in [5.74, 6) is -3.25. The molecular weight excluding hydrogens is 957 g/mol. The molecule has 3 aromatic rings. The minimum Gasteiger partial charge on any atom is -0.379 e. The Morgan fingerprint density at radius 3 is 2.25 bits per heavy atom. The Bertz CT molecular complexity index is 2640. The van der Waals surface area contributed by atoms with Crippen molar-refractivity contribution in [2.45, 2.75) is 142 Å². The Morgan fingerprint density at radius 2 is 1.55 bits per heavy atom. The van der Waals surface area contributed by atoms with Gasteiger partial charge in [0.15, 0.2) is 0 Å². The number of carbonyl (C=O) groups excluding carboxylic acids is 7. The van der Waals surface area contributed by atoms with E-state index in [-0.39, 0.29) is 67.8 Å². The van der Waals surface area contributed by atoms with E-state index in [2.05, 4.69) is 68.0 Å². The van der Waals surface area contributed by atoms with E-state index < -0.39 is 41.7 Å². The summed E-state index contributed by atoms with van der Waals surface area (Å²) in [4.78, 5) is 115. The van der Waals surface area contributed by atoms with Gasteiger partial charge in [-0.05, 0) is 119 Å². The lowest BCUT2D eigenvalue weighted by Crippen LogP contribution is -2.54. The van der Waals surface area contributed by atoms with E-state index in [0.29, 0.717) is 69.3 Å². The molecule has 8 rings (SSSR count). The van der Waals surface area contributed by atoms with Crippen LogP contribution in [0.4, 0.5) is 5.69 Å². The third-order valence-electron chi connectivity index (χ3n) is 16.0. The summed E-state index contributed by atoms with van der Waals surface area (Å²) >= 11 is 0. The standard InChI is InChI=1S/C57H76N8O10/c1-5-64(47-33-41(40-17-15-39(16-18-40)35-62-26-29-74-30-27-62)32-44(38(47)4)53(69)59-34-45-36(2)31-37(3)60-54(45)70)42-21-24-63(25-22-42)51(68)14-9-7-6-8-13-49(66)58-23-28-75-48-12-10-11-43-52(48)57(73)65(56(43)72)46-19-20-50(67)61-55(46)71/h15-18,31-33,42-43,46,48,52H,5-14,19-30,34-35H2,1-4H3,(H,58,66)(H,59,69)(H,60,70)(H,61,67,71). The number of rotatable bonds is 21. The molecule has 0 spiro atoms. The number of H-pyrrole nitrogens is 1. The van der Waals surface area contributed by atoms with Crippen molar-refractivity contribution in [1.82, 2.24) is 35.6 Å². The molecule has 5 aliphatic rings. The summed E-state index contributed by atoms with van der Waals surface area (Å²) in [5, 5.41) is 8.18. The molecule has 4 atom stereocenters. The third kappa shape index (κ3) is 13.4. The lowest BCUT2D eigenvalue weighted by Gasteiger charge is -2.40. The second-order valence-corrected chi connectivity index (χ2v) is 21.0. The minimum absolute atomic E-state index is 0.0732. The Kier molecular flexibility index (Phi) is 18.7. The fourth-order valence-electron chi connectivity index (χ4n) is 11.8. The number of carbonyl (C=O) groups is 7. The maximum absolute atomic E-state index is 14.2. The molecule has 1 aliphatic carbocycles. The van der Waals surface area contributed by atoms with Gasteiger partial charge in [-0.2, -0.15) is 0 Å². The molecule has 7 amide bonds. The van der Waals surface area contributed by atoms with Gasteiger partial charge >= 0.3 is 0 Å². The number of aromatic amines is 1. The van der Waals surface area contributed by atoms with Crippen molar-refractivity contribution < 1.29 is 43.0 Å². The van der Waals surface area contributed by atoms with Gasteiger partial charge < -0.3 is 34.9 Å². The first-order chi connectivity index (χ1) is 36.2. The predicted molar refractivity (Wildman–Crippen MR) is 282 cm³/mol. The summed E-state index contributed by atoms with van der Waals surface area (Å²) in [7, 11) is 0. The number of imide groups is 2. The SMILES string of the molecule is CCN(c1cc(-c2ccc(CN3CCOCC3)cc2)cc(C(=O)NCc2c(C)cc(C)[nH]c2=O)c1C)C1CCN(C(=O)CCCCCCC(=O)NCCOC2CCCC3C(=O)N(C4CCC(=O)NC4=O)C(=O)C23)CC1. The van der Waals surface area contributed by atoms with Crippen LogP contribution < -0.4 is 26.4 Å². The monoisotopic (exact) mass is 1030 g/mol. The van der Waals surface area contributed by atoms with Crippen LogP contribution in [0, 0.1) is 32.6 Å². The van der Waals surface area contributed by atoms with Crippen molar-refractivity contribution in [3.63, 3.8) is 0 Å². The molecule has 4 N–H and O–H groups in total. The fraction of sp³-hybridized carbons (Fsp3) is 0.579. The maximum atomic E-state index is 14.2. The van der Waals surface area contributed by atoms with Gasteiger partial charge in [-0.25, -0.2) is 0 Å². The Balaban J connectivity index is 0.783. The predicted octanol–water partition coefficient (Wildman–Crippen LogP) is 4.98. The largest absolute Gasteiger partial charge is 0.379 e. The number of unbranched alkanes of at least 4 members (excludes halogenated alkanes) is 3. The molecule has 404 valence electrons. The number of piperidine rings is 2. The molecule has 4 unspecified atom stereocenters. The van der Waals surface area contributed by atoms with Crippen molar-refractivity contribution in [3.8, 4) is 11.1 Å². The molecule has 0 radical (unpaired) electrons. The third-order valence-corrected chi connectivity index (χ3v) is 16.0. The zero-order valence-corrected chi connectivity index (χ0v) is 44.3. The first-order valence-corrected chi connectivity index (χ1v) is 27.4. The zero-order valence-electron chi connectivity index (χ0n) is 44.3. The highest BCUT2D eigenvalue weighted by Crippen LogP contribution is 2.41. The fourth-order valence-corrected chi connectivity index (χ4v) is 11.8. The number of ether oxygens (including phenoxy) is 2. The number of hydrogen-bond donors (Lipinski definition) is 4. The molecule has 18 heteroatoms. The first-order valence-electron chi connectivity index (χ1n) is 27.4. The van der Waals surface area contributed by atoms with Crippen LogP contribution in [-0.2, 0) is 51.3 Å². The van der Waals surface area contributed by atoms with Gasteiger partial charge in [0.05, 0.1) is 37.8 Å². The van der Waals surface area contributed by atoms with Crippen LogP contribution >= 0.6 is 0 Å². The molecule has 18 nitrogen and oxygen atoms in total. The zero-order chi connectivity index (χ0) is 53.2. The molecule has 2 aromatic carbocycles. The van der Waals surface area contributed by atoms with E-state index in [4.69, 9.17) is 9.47 Å².